The molecular formula is C21H23N3OS. The molecule has 0 spiro atoms. The van der Waals surface area contributed by atoms with Gasteiger partial charge in [0.15, 0.2) is 5.13 Å². The third-order valence-corrected chi connectivity index (χ3v) is 5.07. The van der Waals surface area contributed by atoms with Crippen LogP contribution in [0.3, 0.4) is 0 Å². The van der Waals surface area contributed by atoms with Gasteiger partial charge in [0.25, 0.3) is 0 Å². The molecule has 0 saturated heterocycles. The minimum absolute atomic E-state index is 0.0367. The number of nitrogens with zero attached hydrogens (tertiary/aromatic N) is 3. The van der Waals surface area contributed by atoms with Gasteiger partial charge in [0, 0.05) is 25.4 Å². The molecule has 1 aromatic heterocycles. The van der Waals surface area contributed by atoms with Crippen molar-refractivity contribution in [3.05, 3.63) is 76.8 Å². The van der Waals surface area contributed by atoms with E-state index in [0.717, 1.165) is 24.5 Å². The lowest BCUT2D eigenvalue weighted by atomic mass is 10.1. The van der Waals surface area contributed by atoms with E-state index >= 15 is 0 Å². The molecule has 0 radical (unpaired) electrons. The molecule has 1 heterocycles. The van der Waals surface area contributed by atoms with Crippen molar-refractivity contribution in [2.24, 2.45) is 0 Å². The topological polar surface area (TPSA) is 36.4 Å². The molecule has 1 amide bonds. The summed E-state index contributed by atoms with van der Waals surface area (Å²) in [5, 5.41) is 2.74. The first-order valence-corrected chi connectivity index (χ1v) is 9.46. The molecule has 0 saturated carbocycles. The van der Waals surface area contributed by atoms with Crippen molar-refractivity contribution in [3.63, 3.8) is 0 Å². The molecule has 0 bridgehead atoms. The molecule has 0 N–H and O–H groups in total. The Kier molecular flexibility index (Phi) is 5.81. The predicted octanol–water partition coefficient (Wildman–Crippen LogP) is 4.77. The highest BCUT2D eigenvalue weighted by atomic mass is 32.1. The zero-order valence-corrected chi connectivity index (χ0v) is 16.2. The molecule has 4 nitrogen and oxygen atoms in total. The van der Waals surface area contributed by atoms with Crippen LogP contribution in [0.4, 0.5) is 10.8 Å². The first-order chi connectivity index (χ1) is 12.5. The molecule has 0 aliphatic rings. The number of benzene rings is 2. The number of aromatic nitrogens is 1. The van der Waals surface area contributed by atoms with Crippen LogP contribution in [0, 0.1) is 6.92 Å². The van der Waals surface area contributed by atoms with Gasteiger partial charge in [-0.3, -0.25) is 14.6 Å². The molecular weight excluding hydrogens is 342 g/mol. The summed E-state index contributed by atoms with van der Waals surface area (Å²) in [6.07, 6.45) is 0. The van der Waals surface area contributed by atoms with Crippen LogP contribution in [0.1, 0.15) is 23.7 Å². The van der Waals surface area contributed by atoms with Gasteiger partial charge in [-0.05, 0) is 37.2 Å². The zero-order valence-electron chi connectivity index (χ0n) is 15.3. The second-order valence-electron chi connectivity index (χ2n) is 6.41. The van der Waals surface area contributed by atoms with E-state index in [-0.39, 0.29) is 5.91 Å². The van der Waals surface area contributed by atoms with E-state index in [1.165, 1.54) is 22.5 Å². The Hall–Kier alpha value is -2.50. The van der Waals surface area contributed by atoms with Gasteiger partial charge < -0.3 is 0 Å². The molecule has 0 atom stereocenters. The molecule has 0 aliphatic carbocycles. The van der Waals surface area contributed by atoms with E-state index in [0.29, 0.717) is 5.13 Å². The van der Waals surface area contributed by atoms with Crippen LogP contribution < -0.4 is 4.90 Å². The summed E-state index contributed by atoms with van der Waals surface area (Å²) in [7, 11) is 2.09. The number of anilines is 2. The van der Waals surface area contributed by atoms with Crippen molar-refractivity contribution in [1.29, 1.82) is 0 Å². The van der Waals surface area contributed by atoms with Crippen LogP contribution in [-0.4, -0.2) is 22.8 Å². The number of carbonyl (C=O) groups is 1. The van der Waals surface area contributed by atoms with E-state index < -0.39 is 0 Å². The highest BCUT2D eigenvalue weighted by Crippen LogP contribution is 2.29. The standard InChI is InChI=1S/C21H23N3OS/c1-16-9-7-8-10-18(16)13-23(3)14-19-15-26-21(22-19)24(17(2)25)20-11-5-4-6-12-20/h4-12,15H,13-14H2,1-3H3. The molecule has 2 aromatic carbocycles. The minimum Gasteiger partial charge on any atom is -0.296 e. The van der Waals surface area contributed by atoms with E-state index in [1.54, 1.807) is 11.8 Å². The molecule has 0 aliphatic heterocycles. The number of aryl methyl sites for hydroxylation is 1. The Balaban J connectivity index is 1.72. The van der Waals surface area contributed by atoms with Crippen molar-refractivity contribution in [3.8, 4) is 0 Å². The van der Waals surface area contributed by atoms with Gasteiger partial charge in [-0.1, -0.05) is 42.5 Å². The Bertz CT molecular complexity index is 876. The van der Waals surface area contributed by atoms with E-state index in [4.69, 9.17) is 4.98 Å². The summed E-state index contributed by atoms with van der Waals surface area (Å²) in [6.45, 7) is 5.31. The average Bonchev–Trinajstić information content (AvgIpc) is 3.05. The van der Waals surface area contributed by atoms with Crippen molar-refractivity contribution < 1.29 is 4.79 Å². The number of hydrogen-bond acceptors (Lipinski definition) is 4. The van der Waals surface area contributed by atoms with Crippen molar-refractivity contribution in [2.45, 2.75) is 26.9 Å². The molecule has 5 heteroatoms. The van der Waals surface area contributed by atoms with Gasteiger partial charge in [0.05, 0.1) is 11.4 Å². The summed E-state index contributed by atoms with van der Waals surface area (Å²) in [5.41, 5.74) is 4.43. The molecule has 0 unspecified atom stereocenters. The smallest absolute Gasteiger partial charge is 0.230 e. The van der Waals surface area contributed by atoms with Gasteiger partial charge in [-0.25, -0.2) is 4.98 Å². The summed E-state index contributed by atoms with van der Waals surface area (Å²) < 4.78 is 0. The number of rotatable bonds is 6. The van der Waals surface area contributed by atoms with Crippen LogP contribution in [-0.2, 0) is 17.9 Å². The second kappa shape index (κ2) is 8.25. The number of thiazole rings is 1. The lowest BCUT2D eigenvalue weighted by Gasteiger charge is -2.18. The van der Waals surface area contributed by atoms with Gasteiger partial charge in [-0.2, -0.15) is 0 Å². The fourth-order valence-electron chi connectivity index (χ4n) is 2.89. The van der Waals surface area contributed by atoms with Crippen LogP contribution in [0.5, 0.6) is 0 Å². The first-order valence-electron chi connectivity index (χ1n) is 8.58. The minimum atomic E-state index is -0.0367. The third-order valence-electron chi connectivity index (χ3n) is 4.19. The SMILES string of the molecule is CC(=O)N(c1ccccc1)c1nc(CN(C)Cc2ccccc2C)cs1. The fourth-order valence-corrected chi connectivity index (χ4v) is 3.76. The van der Waals surface area contributed by atoms with Crippen LogP contribution in [0.25, 0.3) is 0 Å². The Morgan fingerprint density at radius 2 is 1.73 bits per heavy atom. The fraction of sp³-hybridized carbons (Fsp3) is 0.238. The number of amides is 1. The molecule has 26 heavy (non-hydrogen) atoms. The zero-order chi connectivity index (χ0) is 18.5. The number of carbonyl (C=O) groups excluding carboxylic acids is 1. The van der Waals surface area contributed by atoms with Crippen LogP contribution >= 0.6 is 11.3 Å². The summed E-state index contributed by atoms with van der Waals surface area (Å²) in [4.78, 5) is 20.7. The van der Waals surface area contributed by atoms with Gasteiger partial charge in [-0.15, -0.1) is 11.3 Å². The highest BCUT2D eigenvalue weighted by molar-refractivity contribution is 7.14. The molecule has 3 aromatic rings. The average molecular weight is 366 g/mol. The summed E-state index contributed by atoms with van der Waals surface area (Å²) in [6, 6.07) is 18.1. The van der Waals surface area contributed by atoms with Crippen LogP contribution in [0.2, 0.25) is 0 Å². The van der Waals surface area contributed by atoms with E-state index in [1.807, 2.05) is 35.7 Å². The van der Waals surface area contributed by atoms with E-state index in [9.17, 15) is 4.79 Å². The quantitative estimate of drug-likeness (QED) is 0.631. The maximum Gasteiger partial charge on any atom is 0.230 e. The predicted molar refractivity (Wildman–Crippen MR) is 108 cm³/mol. The first kappa shape index (κ1) is 18.3. The normalized spacial score (nSPS) is 10.9. The lowest BCUT2D eigenvalue weighted by Crippen LogP contribution is -2.23. The monoisotopic (exact) mass is 365 g/mol. The van der Waals surface area contributed by atoms with Crippen molar-refractivity contribution in [2.75, 3.05) is 11.9 Å². The second-order valence-corrected chi connectivity index (χ2v) is 7.25. The third kappa shape index (κ3) is 4.36. The van der Waals surface area contributed by atoms with Crippen molar-refractivity contribution in [1.82, 2.24) is 9.88 Å². The number of para-hydroxylation sites is 1. The maximum absolute atomic E-state index is 12.1. The largest absolute Gasteiger partial charge is 0.296 e. The van der Waals surface area contributed by atoms with E-state index in [2.05, 4.69) is 43.1 Å². The Morgan fingerprint density at radius 3 is 2.42 bits per heavy atom. The lowest BCUT2D eigenvalue weighted by molar-refractivity contribution is -0.115. The van der Waals surface area contributed by atoms with Gasteiger partial charge in [0.1, 0.15) is 0 Å². The molecule has 134 valence electrons. The van der Waals surface area contributed by atoms with Crippen molar-refractivity contribution >= 4 is 28.1 Å². The van der Waals surface area contributed by atoms with Crippen LogP contribution in [0.15, 0.2) is 60.0 Å². The molecule has 0 fully saturated rings. The summed E-state index contributed by atoms with van der Waals surface area (Å²) in [5.74, 6) is -0.0367. The van der Waals surface area contributed by atoms with Gasteiger partial charge in [0.2, 0.25) is 5.91 Å². The molecule has 3 rings (SSSR count). The number of hydrogen-bond donors (Lipinski definition) is 0. The highest BCUT2D eigenvalue weighted by Gasteiger charge is 2.18. The maximum atomic E-state index is 12.1. The summed E-state index contributed by atoms with van der Waals surface area (Å²) >= 11 is 1.50. The Labute approximate surface area is 158 Å². The Morgan fingerprint density at radius 1 is 1.04 bits per heavy atom. The van der Waals surface area contributed by atoms with Gasteiger partial charge >= 0.3 is 0 Å².